The fourth-order valence-corrected chi connectivity index (χ4v) is 2.03. The van der Waals surface area contributed by atoms with Gasteiger partial charge in [0.2, 0.25) is 5.91 Å². The number of rotatable bonds is 8. The summed E-state index contributed by atoms with van der Waals surface area (Å²) < 4.78 is 0. The average Bonchev–Trinajstić information content (AvgIpc) is 2.49. The van der Waals surface area contributed by atoms with Crippen LogP contribution in [0.3, 0.4) is 0 Å². The third-order valence-corrected chi connectivity index (χ3v) is 3.26. The van der Waals surface area contributed by atoms with Crippen molar-refractivity contribution in [3.05, 3.63) is 35.9 Å². The van der Waals surface area contributed by atoms with Crippen LogP contribution in [0.1, 0.15) is 43.5 Å². The van der Waals surface area contributed by atoms with Gasteiger partial charge in [0.15, 0.2) is 0 Å². The Bertz CT molecular complexity index is 414. The van der Waals surface area contributed by atoms with E-state index in [2.05, 4.69) is 5.32 Å². The summed E-state index contributed by atoms with van der Waals surface area (Å²) in [6.45, 7) is 6.11. The van der Waals surface area contributed by atoms with Crippen molar-refractivity contribution in [3.8, 4) is 0 Å². The quantitative estimate of drug-likeness (QED) is 0.741. The molecule has 0 saturated heterocycles. The molecule has 1 aromatic carbocycles. The van der Waals surface area contributed by atoms with Gasteiger partial charge >= 0.3 is 0 Å². The molecule has 0 bridgehead atoms. The van der Waals surface area contributed by atoms with Gasteiger partial charge in [-0.2, -0.15) is 0 Å². The van der Waals surface area contributed by atoms with Crippen molar-refractivity contribution < 1.29 is 9.59 Å². The van der Waals surface area contributed by atoms with Crippen molar-refractivity contribution in [3.63, 3.8) is 0 Å². The third-order valence-electron chi connectivity index (χ3n) is 3.26. The largest absolute Gasteiger partial charge is 0.352 e. The SMILES string of the molecule is CCN(CC)C(=O)CCCCNC(=O)c1ccccc1. The summed E-state index contributed by atoms with van der Waals surface area (Å²) in [5.41, 5.74) is 0.673. The lowest BCUT2D eigenvalue weighted by Crippen LogP contribution is -2.30. The van der Waals surface area contributed by atoms with Crippen LogP contribution in [0.25, 0.3) is 0 Å². The normalized spacial score (nSPS) is 10.1. The third kappa shape index (κ3) is 5.43. The molecule has 20 heavy (non-hydrogen) atoms. The molecule has 0 radical (unpaired) electrons. The van der Waals surface area contributed by atoms with Crippen molar-refractivity contribution in [2.24, 2.45) is 0 Å². The van der Waals surface area contributed by atoms with Gasteiger partial charge in [-0.25, -0.2) is 0 Å². The Morgan fingerprint density at radius 3 is 2.30 bits per heavy atom. The summed E-state index contributed by atoms with van der Waals surface area (Å²) >= 11 is 0. The maximum Gasteiger partial charge on any atom is 0.251 e. The van der Waals surface area contributed by atoms with Crippen molar-refractivity contribution >= 4 is 11.8 Å². The van der Waals surface area contributed by atoms with Gasteiger partial charge in [0.05, 0.1) is 0 Å². The second-order valence-corrected chi connectivity index (χ2v) is 4.65. The molecule has 0 heterocycles. The van der Waals surface area contributed by atoms with Gasteiger partial charge in [-0.05, 0) is 38.8 Å². The van der Waals surface area contributed by atoms with Crippen LogP contribution in [0.5, 0.6) is 0 Å². The van der Waals surface area contributed by atoms with Crippen molar-refractivity contribution in [1.29, 1.82) is 0 Å². The van der Waals surface area contributed by atoms with Crippen molar-refractivity contribution in [2.75, 3.05) is 19.6 Å². The summed E-state index contributed by atoms with van der Waals surface area (Å²) in [6.07, 6.45) is 2.19. The number of carbonyl (C=O) groups excluding carboxylic acids is 2. The lowest BCUT2D eigenvalue weighted by molar-refractivity contribution is -0.130. The first-order chi connectivity index (χ1) is 9.69. The van der Waals surface area contributed by atoms with E-state index >= 15 is 0 Å². The van der Waals surface area contributed by atoms with E-state index < -0.39 is 0 Å². The Labute approximate surface area is 121 Å². The number of unbranched alkanes of at least 4 members (excludes halogenated alkanes) is 1. The number of benzene rings is 1. The Balaban J connectivity index is 2.16. The summed E-state index contributed by atoms with van der Waals surface area (Å²) in [5, 5.41) is 2.87. The highest BCUT2D eigenvalue weighted by atomic mass is 16.2. The molecular weight excluding hydrogens is 252 g/mol. The Morgan fingerprint density at radius 1 is 1.05 bits per heavy atom. The second-order valence-electron chi connectivity index (χ2n) is 4.65. The summed E-state index contributed by atoms with van der Waals surface area (Å²) in [5.74, 6) is 0.144. The Morgan fingerprint density at radius 2 is 1.70 bits per heavy atom. The minimum atomic E-state index is -0.0549. The fourth-order valence-electron chi connectivity index (χ4n) is 2.03. The van der Waals surface area contributed by atoms with E-state index in [0.29, 0.717) is 18.5 Å². The number of nitrogens with one attached hydrogen (secondary N) is 1. The number of amides is 2. The van der Waals surface area contributed by atoms with Crippen LogP contribution in [0.15, 0.2) is 30.3 Å². The molecule has 0 fully saturated rings. The lowest BCUT2D eigenvalue weighted by atomic mass is 10.2. The zero-order chi connectivity index (χ0) is 14.8. The summed E-state index contributed by atoms with van der Waals surface area (Å²) in [7, 11) is 0. The highest BCUT2D eigenvalue weighted by molar-refractivity contribution is 5.94. The number of carbonyl (C=O) groups is 2. The molecule has 1 aromatic rings. The lowest BCUT2D eigenvalue weighted by Gasteiger charge is -2.18. The molecule has 0 aliphatic rings. The maximum absolute atomic E-state index is 11.8. The highest BCUT2D eigenvalue weighted by Gasteiger charge is 2.08. The van der Waals surface area contributed by atoms with Gasteiger partial charge in [-0.15, -0.1) is 0 Å². The molecule has 4 nitrogen and oxygen atoms in total. The molecule has 4 heteroatoms. The first kappa shape index (κ1) is 16.2. The zero-order valence-electron chi connectivity index (χ0n) is 12.4. The van der Waals surface area contributed by atoms with Crippen LogP contribution in [0.2, 0.25) is 0 Å². The number of hydrogen-bond donors (Lipinski definition) is 1. The van der Waals surface area contributed by atoms with Crippen LogP contribution in [0.4, 0.5) is 0 Å². The standard InChI is InChI=1S/C16H24N2O2/c1-3-18(4-2)15(19)12-8-9-13-17-16(20)14-10-6-5-7-11-14/h5-7,10-11H,3-4,8-9,12-13H2,1-2H3,(H,17,20). The monoisotopic (exact) mass is 276 g/mol. The molecule has 2 amide bonds. The molecule has 0 atom stereocenters. The van der Waals surface area contributed by atoms with Crippen molar-refractivity contribution in [1.82, 2.24) is 10.2 Å². The van der Waals surface area contributed by atoms with E-state index in [1.54, 1.807) is 12.1 Å². The Hall–Kier alpha value is -1.84. The maximum atomic E-state index is 11.8. The first-order valence-electron chi connectivity index (χ1n) is 7.30. The molecule has 0 aliphatic heterocycles. The molecule has 1 N–H and O–H groups in total. The minimum absolute atomic E-state index is 0.0549. The van der Waals surface area contributed by atoms with E-state index in [4.69, 9.17) is 0 Å². The van der Waals surface area contributed by atoms with Gasteiger partial charge in [0, 0.05) is 31.6 Å². The molecule has 0 spiro atoms. The van der Waals surface area contributed by atoms with Gasteiger partial charge < -0.3 is 10.2 Å². The molecule has 0 aromatic heterocycles. The predicted octanol–water partition coefficient (Wildman–Crippen LogP) is 2.46. The molecule has 0 aliphatic carbocycles. The summed E-state index contributed by atoms with van der Waals surface area (Å²) in [6, 6.07) is 9.16. The molecular formula is C16H24N2O2. The molecule has 0 saturated carbocycles. The first-order valence-corrected chi connectivity index (χ1v) is 7.30. The van der Waals surface area contributed by atoms with Crippen LogP contribution in [-0.2, 0) is 4.79 Å². The summed E-state index contributed by atoms with van der Waals surface area (Å²) in [4.78, 5) is 25.4. The molecule has 1 rings (SSSR count). The Kier molecular flexibility index (Phi) is 7.40. The van der Waals surface area contributed by atoms with E-state index in [-0.39, 0.29) is 11.8 Å². The number of nitrogens with zero attached hydrogens (tertiary/aromatic N) is 1. The van der Waals surface area contributed by atoms with E-state index in [9.17, 15) is 9.59 Å². The van der Waals surface area contributed by atoms with E-state index in [0.717, 1.165) is 25.9 Å². The molecule has 0 unspecified atom stereocenters. The van der Waals surface area contributed by atoms with Crippen molar-refractivity contribution in [2.45, 2.75) is 33.1 Å². The van der Waals surface area contributed by atoms with E-state index in [1.165, 1.54) is 0 Å². The average molecular weight is 276 g/mol. The van der Waals surface area contributed by atoms with Gasteiger partial charge in [-0.3, -0.25) is 9.59 Å². The zero-order valence-corrected chi connectivity index (χ0v) is 12.4. The topological polar surface area (TPSA) is 49.4 Å². The number of hydrogen-bond acceptors (Lipinski definition) is 2. The predicted molar refractivity (Wildman–Crippen MR) is 80.6 cm³/mol. The van der Waals surface area contributed by atoms with E-state index in [1.807, 2.05) is 36.9 Å². The minimum Gasteiger partial charge on any atom is -0.352 e. The second kappa shape index (κ2) is 9.13. The fraction of sp³-hybridized carbons (Fsp3) is 0.500. The van der Waals surface area contributed by atoms with Crippen LogP contribution in [-0.4, -0.2) is 36.3 Å². The van der Waals surface area contributed by atoms with Gasteiger partial charge in [0.25, 0.3) is 5.91 Å². The molecule has 110 valence electrons. The van der Waals surface area contributed by atoms with Gasteiger partial charge in [-0.1, -0.05) is 18.2 Å². The van der Waals surface area contributed by atoms with Gasteiger partial charge in [0.1, 0.15) is 0 Å². The highest BCUT2D eigenvalue weighted by Crippen LogP contribution is 2.01. The van der Waals surface area contributed by atoms with Crippen LogP contribution in [0, 0.1) is 0 Å². The van der Waals surface area contributed by atoms with Crippen LogP contribution >= 0.6 is 0 Å². The smallest absolute Gasteiger partial charge is 0.251 e. The van der Waals surface area contributed by atoms with Crippen LogP contribution < -0.4 is 5.32 Å².